The second-order valence-electron chi connectivity index (χ2n) is 12.6. The SMILES string of the molecule is CC(O)[C@@H]1CC[C@@H](CC(=O)[C@@H]2NC3(CC(CF)(CF)C3)[C@@]3(C(=O)Nc4cc(Cl)ccc43)[C@H]2c2cccc(Cl)c2F)CO1. The molecule has 4 aliphatic rings. The van der Waals surface area contributed by atoms with Gasteiger partial charge in [0.25, 0.3) is 0 Å². The van der Waals surface area contributed by atoms with Crippen molar-refractivity contribution >= 4 is 40.6 Å². The van der Waals surface area contributed by atoms with Crippen molar-refractivity contribution in [1.82, 2.24) is 5.32 Å². The quantitative estimate of drug-likeness (QED) is 0.369. The Balaban J connectivity index is 1.48. The maximum Gasteiger partial charge on any atom is 0.237 e. The van der Waals surface area contributed by atoms with Crippen molar-refractivity contribution in [3.8, 4) is 0 Å². The molecule has 2 aromatic rings. The summed E-state index contributed by atoms with van der Waals surface area (Å²) in [6, 6.07) is 8.30. The molecule has 226 valence electrons. The van der Waals surface area contributed by atoms with Crippen LogP contribution < -0.4 is 10.6 Å². The standard InChI is InChI=1S/C31H33Cl2F3N2O4/c1-16(39)24-8-5-17(11-42-24)9-23(40)27-25(19-3-2-4-21(33)26(19)36)31(30(38-27)12-29(13-30,14-34)15-35)20-7-6-18(32)10-22(20)37-28(31)41/h2-4,6-7,10,16-17,24-25,27,38-39H,5,8-9,11-15H2,1H3,(H,37,41)/t16?,17-,24-,25-,27-,31+/m0/s1. The number of ketones is 1. The summed E-state index contributed by atoms with van der Waals surface area (Å²) in [5, 5.41) is 16.4. The van der Waals surface area contributed by atoms with Crippen molar-refractivity contribution in [3.63, 3.8) is 0 Å². The van der Waals surface area contributed by atoms with Crippen LogP contribution in [0.15, 0.2) is 36.4 Å². The van der Waals surface area contributed by atoms with E-state index < -0.39 is 59.5 Å². The molecular weight excluding hydrogens is 592 g/mol. The summed E-state index contributed by atoms with van der Waals surface area (Å²) in [6.45, 7) is 0.0649. The first kappa shape index (κ1) is 29.9. The number of anilines is 1. The Kier molecular flexibility index (Phi) is 7.66. The average Bonchev–Trinajstić information content (AvgIpc) is 3.41. The number of hydrogen-bond acceptors (Lipinski definition) is 5. The van der Waals surface area contributed by atoms with Crippen LogP contribution in [0, 0.1) is 17.2 Å². The van der Waals surface area contributed by atoms with Crippen molar-refractivity contribution in [2.45, 2.75) is 74.1 Å². The number of hydrogen-bond donors (Lipinski definition) is 3. The van der Waals surface area contributed by atoms with Crippen LogP contribution in [0.2, 0.25) is 10.0 Å². The third-order valence-corrected chi connectivity index (χ3v) is 10.5. The Labute approximate surface area is 252 Å². The summed E-state index contributed by atoms with van der Waals surface area (Å²) < 4.78 is 50.3. The zero-order chi connectivity index (χ0) is 30.0. The highest BCUT2D eigenvalue weighted by atomic mass is 35.5. The van der Waals surface area contributed by atoms with Crippen LogP contribution in [0.5, 0.6) is 0 Å². The van der Waals surface area contributed by atoms with Crippen LogP contribution >= 0.6 is 23.2 Å². The van der Waals surface area contributed by atoms with Crippen molar-refractivity contribution in [3.05, 3.63) is 63.4 Å². The zero-order valence-corrected chi connectivity index (χ0v) is 24.6. The molecule has 1 aliphatic carbocycles. The minimum atomic E-state index is -1.58. The number of carbonyl (C=O) groups is 2. The fourth-order valence-electron chi connectivity index (χ4n) is 8.19. The molecule has 3 heterocycles. The lowest BCUT2D eigenvalue weighted by atomic mass is 9.46. The molecule has 2 saturated heterocycles. The molecule has 6 atom stereocenters. The van der Waals surface area contributed by atoms with E-state index in [0.717, 1.165) is 0 Å². The number of aliphatic hydroxyl groups is 1. The lowest BCUT2D eigenvalue weighted by Gasteiger charge is -2.59. The molecule has 2 spiro atoms. The normalized spacial score (nSPS) is 31.5. The second kappa shape index (κ2) is 10.8. The van der Waals surface area contributed by atoms with E-state index in [1.54, 1.807) is 31.2 Å². The van der Waals surface area contributed by atoms with Crippen molar-refractivity contribution in [1.29, 1.82) is 0 Å². The third kappa shape index (κ3) is 4.33. The highest BCUT2D eigenvalue weighted by Crippen LogP contribution is 2.68. The fraction of sp³-hybridized carbons (Fsp3) is 0.548. The monoisotopic (exact) mass is 624 g/mol. The van der Waals surface area contributed by atoms with Gasteiger partial charge in [-0.05, 0) is 67.9 Å². The molecule has 2 aromatic carbocycles. The molecular formula is C31H33Cl2F3N2O4. The van der Waals surface area contributed by atoms with Gasteiger partial charge in [0, 0.05) is 34.0 Å². The second-order valence-corrected chi connectivity index (χ2v) is 13.5. The van der Waals surface area contributed by atoms with Gasteiger partial charge in [0.05, 0.1) is 43.2 Å². The predicted octanol–water partition coefficient (Wildman–Crippen LogP) is 5.67. The highest BCUT2D eigenvalue weighted by Gasteiger charge is 2.78. The lowest BCUT2D eigenvalue weighted by molar-refractivity contribution is -0.131. The van der Waals surface area contributed by atoms with Crippen LogP contribution in [0.3, 0.4) is 0 Å². The topological polar surface area (TPSA) is 87.7 Å². The van der Waals surface area contributed by atoms with Crippen LogP contribution in [-0.2, 0) is 19.7 Å². The number of amides is 1. The maximum absolute atomic E-state index is 15.9. The summed E-state index contributed by atoms with van der Waals surface area (Å²) in [6.07, 6.45) is 0.251. The number of alkyl halides is 2. The number of rotatable bonds is 7. The Hall–Kier alpha value is -2.17. The van der Waals surface area contributed by atoms with E-state index in [1.165, 1.54) is 12.1 Å². The fourth-order valence-corrected chi connectivity index (χ4v) is 8.54. The highest BCUT2D eigenvalue weighted by molar-refractivity contribution is 6.31. The summed E-state index contributed by atoms with van der Waals surface area (Å²) in [7, 11) is 0. The minimum absolute atomic E-state index is 0.0619. The van der Waals surface area contributed by atoms with Gasteiger partial charge in [0.15, 0.2) is 5.78 Å². The molecule has 1 unspecified atom stereocenters. The molecule has 6 rings (SSSR count). The van der Waals surface area contributed by atoms with Crippen LogP contribution in [0.1, 0.15) is 56.1 Å². The molecule has 0 bridgehead atoms. The Morgan fingerprint density at radius 2 is 1.90 bits per heavy atom. The van der Waals surface area contributed by atoms with E-state index in [9.17, 15) is 23.5 Å². The number of ether oxygens (including phenoxy) is 1. The van der Waals surface area contributed by atoms with Gasteiger partial charge in [-0.25, -0.2) is 4.39 Å². The van der Waals surface area contributed by atoms with Gasteiger partial charge >= 0.3 is 0 Å². The van der Waals surface area contributed by atoms with E-state index in [0.29, 0.717) is 29.1 Å². The number of aliphatic hydroxyl groups excluding tert-OH is 1. The molecule has 3 N–H and O–H groups in total. The third-order valence-electron chi connectivity index (χ3n) is 10.0. The minimum Gasteiger partial charge on any atom is -0.391 e. The van der Waals surface area contributed by atoms with E-state index in [4.69, 9.17) is 27.9 Å². The number of carbonyl (C=O) groups excluding carboxylic acids is 2. The van der Waals surface area contributed by atoms with E-state index in [-0.39, 0.29) is 54.3 Å². The van der Waals surface area contributed by atoms with Gasteiger partial charge in [-0.2, -0.15) is 0 Å². The largest absolute Gasteiger partial charge is 0.391 e. The first-order valence-corrected chi connectivity index (χ1v) is 15.0. The summed E-state index contributed by atoms with van der Waals surface area (Å²) >= 11 is 12.5. The average molecular weight is 626 g/mol. The number of benzene rings is 2. The predicted molar refractivity (Wildman–Crippen MR) is 153 cm³/mol. The molecule has 3 fully saturated rings. The molecule has 6 nitrogen and oxygen atoms in total. The van der Waals surface area contributed by atoms with Gasteiger partial charge in [0.1, 0.15) is 11.2 Å². The number of nitrogens with one attached hydrogen (secondary N) is 2. The van der Waals surface area contributed by atoms with Crippen molar-refractivity contribution < 1.29 is 32.6 Å². The maximum atomic E-state index is 15.9. The van der Waals surface area contributed by atoms with Gasteiger partial charge in [-0.15, -0.1) is 0 Å². The Bertz CT molecular complexity index is 1400. The Morgan fingerprint density at radius 3 is 2.55 bits per heavy atom. The summed E-state index contributed by atoms with van der Waals surface area (Å²) in [5.41, 5.74) is -3.15. The van der Waals surface area contributed by atoms with E-state index >= 15 is 4.39 Å². The Morgan fingerprint density at radius 1 is 1.17 bits per heavy atom. The molecule has 11 heteroatoms. The van der Waals surface area contributed by atoms with Crippen LogP contribution in [0.4, 0.5) is 18.9 Å². The van der Waals surface area contributed by atoms with Gasteiger partial charge < -0.3 is 15.2 Å². The van der Waals surface area contributed by atoms with E-state index in [1.807, 2.05) is 0 Å². The lowest BCUT2D eigenvalue weighted by Crippen LogP contribution is -2.70. The van der Waals surface area contributed by atoms with Crippen LogP contribution in [-0.4, -0.2) is 60.5 Å². The zero-order valence-electron chi connectivity index (χ0n) is 23.1. The molecule has 42 heavy (non-hydrogen) atoms. The van der Waals surface area contributed by atoms with Gasteiger partial charge in [0.2, 0.25) is 5.91 Å². The summed E-state index contributed by atoms with van der Waals surface area (Å²) in [4.78, 5) is 28.5. The van der Waals surface area contributed by atoms with Crippen LogP contribution in [0.25, 0.3) is 0 Å². The van der Waals surface area contributed by atoms with Crippen molar-refractivity contribution in [2.24, 2.45) is 11.3 Å². The molecule has 0 radical (unpaired) electrons. The van der Waals surface area contributed by atoms with Gasteiger partial charge in [-0.1, -0.05) is 41.4 Å². The molecule has 1 saturated carbocycles. The molecule has 0 aromatic heterocycles. The molecule has 1 amide bonds. The molecule has 3 aliphatic heterocycles. The van der Waals surface area contributed by atoms with Gasteiger partial charge in [-0.3, -0.25) is 23.7 Å². The first-order chi connectivity index (χ1) is 20.0. The van der Waals surface area contributed by atoms with E-state index in [2.05, 4.69) is 10.6 Å². The summed E-state index contributed by atoms with van der Waals surface area (Å²) in [5.74, 6) is -2.71. The smallest absolute Gasteiger partial charge is 0.237 e. The number of fused-ring (bicyclic) bond motifs is 3. The number of Topliss-reactive ketones (excluding diaryl/α,β-unsaturated/α-hetero) is 1. The van der Waals surface area contributed by atoms with Crippen molar-refractivity contribution in [2.75, 3.05) is 25.3 Å². The first-order valence-electron chi connectivity index (χ1n) is 14.3. The number of halogens is 5.